The van der Waals surface area contributed by atoms with E-state index >= 15 is 0 Å². The molecule has 3 heteroatoms. The second-order valence-corrected chi connectivity index (χ2v) is 4.74. The molecular weight excluding hydrogens is 250 g/mol. The molecule has 2 aromatic rings. The first-order valence-corrected chi connectivity index (χ1v) is 6.76. The maximum absolute atomic E-state index is 12.0. The van der Waals surface area contributed by atoms with Crippen molar-refractivity contribution in [1.29, 1.82) is 0 Å². The summed E-state index contributed by atoms with van der Waals surface area (Å²) in [5, 5.41) is 12.5. The van der Waals surface area contributed by atoms with Gasteiger partial charge in [-0.3, -0.25) is 4.79 Å². The number of aliphatic hydroxyl groups excluding tert-OH is 1. The van der Waals surface area contributed by atoms with Crippen molar-refractivity contribution >= 4 is 5.78 Å². The average molecular weight is 269 g/mol. The average Bonchev–Trinajstić information content (AvgIpc) is 2.53. The molecule has 0 aliphatic rings. The number of benzene rings is 2. The maximum atomic E-state index is 12.0. The largest absolute Gasteiger partial charge is 0.395 e. The van der Waals surface area contributed by atoms with Crippen molar-refractivity contribution < 1.29 is 9.90 Å². The van der Waals surface area contributed by atoms with Crippen molar-refractivity contribution in [2.45, 2.75) is 12.5 Å². The highest BCUT2D eigenvalue weighted by atomic mass is 16.3. The highest BCUT2D eigenvalue weighted by Gasteiger charge is 2.11. The molecule has 2 aromatic carbocycles. The smallest absolute Gasteiger partial charge is 0.176 e. The number of Topliss-reactive ketones (excluding diaryl/α,β-unsaturated/α-hetero) is 1. The standard InChI is InChI=1S/C17H19NO2/c19-13-16(11-14-7-3-1-4-8-14)18-12-17(20)15-9-5-2-6-10-15/h1-10,16,18-19H,11-13H2. The van der Waals surface area contributed by atoms with Crippen molar-refractivity contribution in [1.82, 2.24) is 5.32 Å². The Balaban J connectivity index is 1.86. The summed E-state index contributed by atoms with van der Waals surface area (Å²) in [6, 6.07) is 19.0. The van der Waals surface area contributed by atoms with Crippen LogP contribution in [0.25, 0.3) is 0 Å². The molecule has 0 aliphatic heterocycles. The Kier molecular flexibility index (Phi) is 5.47. The van der Waals surface area contributed by atoms with Crippen LogP contribution in [0.5, 0.6) is 0 Å². The van der Waals surface area contributed by atoms with E-state index in [9.17, 15) is 9.90 Å². The third-order valence-corrected chi connectivity index (χ3v) is 3.19. The van der Waals surface area contributed by atoms with Crippen molar-refractivity contribution in [2.75, 3.05) is 13.2 Å². The number of carbonyl (C=O) groups excluding carboxylic acids is 1. The first-order chi connectivity index (χ1) is 9.79. The first-order valence-electron chi connectivity index (χ1n) is 6.76. The molecule has 0 saturated carbocycles. The Hall–Kier alpha value is -1.97. The van der Waals surface area contributed by atoms with E-state index in [-0.39, 0.29) is 25.0 Å². The molecule has 0 amide bonds. The van der Waals surface area contributed by atoms with Crippen LogP contribution in [-0.4, -0.2) is 30.1 Å². The molecule has 0 heterocycles. The Morgan fingerprint density at radius 2 is 1.60 bits per heavy atom. The van der Waals surface area contributed by atoms with Gasteiger partial charge in [0.2, 0.25) is 0 Å². The van der Waals surface area contributed by atoms with E-state index in [1.807, 2.05) is 48.5 Å². The summed E-state index contributed by atoms with van der Waals surface area (Å²) in [7, 11) is 0. The van der Waals surface area contributed by atoms with Gasteiger partial charge in [-0.25, -0.2) is 0 Å². The number of ketones is 1. The van der Waals surface area contributed by atoms with Crippen LogP contribution in [-0.2, 0) is 6.42 Å². The Labute approximate surface area is 119 Å². The minimum Gasteiger partial charge on any atom is -0.395 e. The zero-order chi connectivity index (χ0) is 14.2. The quantitative estimate of drug-likeness (QED) is 0.756. The zero-order valence-corrected chi connectivity index (χ0v) is 11.3. The number of rotatable bonds is 7. The monoisotopic (exact) mass is 269 g/mol. The molecule has 0 aromatic heterocycles. The number of hydrogen-bond donors (Lipinski definition) is 2. The summed E-state index contributed by atoms with van der Waals surface area (Å²) in [6.07, 6.45) is 0.708. The van der Waals surface area contributed by atoms with Gasteiger partial charge < -0.3 is 10.4 Å². The van der Waals surface area contributed by atoms with Crippen LogP contribution in [0.4, 0.5) is 0 Å². The summed E-state index contributed by atoms with van der Waals surface area (Å²) in [4.78, 5) is 12.0. The molecule has 0 aliphatic carbocycles. The third kappa shape index (κ3) is 4.30. The first kappa shape index (κ1) is 14.4. The molecule has 0 saturated heterocycles. The summed E-state index contributed by atoms with van der Waals surface area (Å²) in [6.45, 7) is 0.249. The van der Waals surface area contributed by atoms with Crippen LogP contribution in [0.2, 0.25) is 0 Å². The molecule has 0 fully saturated rings. The van der Waals surface area contributed by atoms with Gasteiger partial charge in [-0.05, 0) is 12.0 Å². The van der Waals surface area contributed by atoms with E-state index in [1.165, 1.54) is 0 Å². The van der Waals surface area contributed by atoms with E-state index in [0.717, 1.165) is 5.56 Å². The molecule has 2 N–H and O–H groups in total. The predicted octanol–water partition coefficient (Wildman–Crippen LogP) is 2.06. The van der Waals surface area contributed by atoms with Crippen LogP contribution < -0.4 is 5.32 Å². The third-order valence-electron chi connectivity index (χ3n) is 3.19. The minimum atomic E-state index is -0.106. The summed E-state index contributed by atoms with van der Waals surface area (Å²) in [5.41, 5.74) is 1.84. The molecule has 2 rings (SSSR count). The van der Waals surface area contributed by atoms with Crippen molar-refractivity contribution in [3.63, 3.8) is 0 Å². The fourth-order valence-corrected chi connectivity index (χ4v) is 2.06. The Morgan fingerprint density at radius 3 is 2.20 bits per heavy atom. The van der Waals surface area contributed by atoms with E-state index in [0.29, 0.717) is 12.0 Å². The van der Waals surface area contributed by atoms with Crippen molar-refractivity contribution in [3.05, 3.63) is 71.8 Å². The van der Waals surface area contributed by atoms with Gasteiger partial charge in [0.15, 0.2) is 5.78 Å². The Morgan fingerprint density at radius 1 is 1.00 bits per heavy atom. The van der Waals surface area contributed by atoms with Crippen LogP contribution in [0.3, 0.4) is 0 Å². The molecular formula is C17H19NO2. The number of aliphatic hydroxyl groups is 1. The molecule has 0 bridgehead atoms. The minimum absolute atomic E-state index is 0.0109. The number of nitrogens with one attached hydrogen (secondary N) is 1. The molecule has 1 unspecified atom stereocenters. The lowest BCUT2D eigenvalue weighted by Gasteiger charge is -2.15. The van der Waals surface area contributed by atoms with Gasteiger partial charge in [0, 0.05) is 11.6 Å². The number of carbonyl (C=O) groups is 1. The van der Waals surface area contributed by atoms with Gasteiger partial charge in [-0.15, -0.1) is 0 Å². The summed E-state index contributed by atoms with van der Waals surface area (Å²) in [5.74, 6) is 0.0390. The molecule has 3 nitrogen and oxygen atoms in total. The lowest BCUT2D eigenvalue weighted by molar-refractivity contribution is 0.0982. The topological polar surface area (TPSA) is 49.3 Å². The maximum Gasteiger partial charge on any atom is 0.176 e. The van der Waals surface area contributed by atoms with Gasteiger partial charge in [0.25, 0.3) is 0 Å². The van der Waals surface area contributed by atoms with Gasteiger partial charge >= 0.3 is 0 Å². The molecule has 0 radical (unpaired) electrons. The highest BCUT2D eigenvalue weighted by molar-refractivity contribution is 5.97. The molecule has 1 atom stereocenters. The van der Waals surface area contributed by atoms with Gasteiger partial charge in [0.1, 0.15) is 0 Å². The normalized spacial score (nSPS) is 12.1. The second kappa shape index (κ2) is 7.58. The predicted molar refractivity (Wildman–Crippen MR) is 79.8 cm³/mol. The van der Waals surface area contributed by atoms with E-state index in [2.05, 4.69) is 5.32 Å². The summed E-state index contributed by atoms with van der Waals surface area (Å²) < 4.78 is 0. The SMILES string of the molecule is O=C(CNC(CO)Cc1ccccc1)c1ccccc1. The lowest BCUT2D eigenvalue weighted by atomic mass is 10.1. The van der Waals surface area contributed by atoms with Gasteiger partial charge in [-0.2, -0.15) is 0 Å². The van der Waals surface area contributed by atoms with Crippen molar-refractivity contribution in [2.24, 2.45) is 0 Å². The van der Waals surface area contributed by atoms with Crippen LogP contribution in [0, 0.1) is 0 Å². The molecule has 104 valence electrons. The van der Waals surface area contributed by atoms with E-state index < -0.39 is 0 Å². The second-order valence-electron chi connectivity index (χ2n) is 4.74. The van der Waals surface area contributed by atoms with Gasteiger partial charge in [0.05, 0.1) is 13.2 Å². The fourth-order valence-electron chi connectivity index (χ4n) is 2.06. The molecule has 20 heavy (non-hydrogen) atoms. The summed E-state index contributed by atoms with van der Waals surface area (Å²) >= 11 is 0. The zero-order valence-electron chi connectivity index (χ0n) is 11.3. The molecule has 0 spiro atoms. The Bertz CT molecular complexity index is 525. The van der Waals surface area contributed by atoms with Crippen molar-refractivity contribution in [3.8, 4) is 0 Å². The highest BCUT2D eigenvalue weighted by Crippen LogP contribution is 2.04. The van der Waals surface area contributed by atoms with E-state index in [4.69, 9.17) is 0 Å². The van der Waals surface area contributed by atoms with Crippen LogP contribution in [0.15, 0.2) is 60.7 Å². The van der Waals surface area contributed by atoms with Gasteiger partial charge in [-0.1, -0.05) is 60.7 Å². The lowest BCUT2D eigenvalue weighted by Crippen LogP contribution is -2.38. The van der Waals surface area contributed by atoms with Crippen LogP contribution in [0.1, 0.15) is 15.9 Å². The van der Waals surface area contributed by atoms with Crippen LogP contribution >= 0.6 is 0 Å². The fraction of sp³-hybridized carbons (Fsp3) is 0.235. The number of hydrogen-bond acceptors (Lipinski definition) is 3. The van der Waals surface area contributed by atoms with E-state index in [1.54, 1.807) is 12.1 Å².